The van der Waals surface area contributed by atoms with Gasteiger partial charge in [-0.25, -0.2) is 9.37 Å². The Bertz CT molecular complexity index is 456. The summed E-state index contributed by atoms with van der Waals surface area (Å²) in [6.07, 6.45) is 4.90. The van der Waals surface area contributed by atoms with E-state index in [0.29, 0.717) is 0 Å². The lowest BCUT2D eigenvalue weighted by molar-refractivity contribution is 0.513. The third kappa shape index (κ3) is 3.58. The molecule has 0 aliphatic rings. The van der Waals surface area contributed by atoms with Crippen LogP contribution in [0.4, 0.5) is 4.39 Å². The molecule has 2 heterocycles. The second-order valence-corrected chi connectivity index (χ2v) is 5.02. The molecular formula is C13H16FN3S. The van der Waals surface area contributed by atoms with E-state index in [1.165, 1.54) is 12.3 Å². The fourth-order valence-electron chi connectivity index (χ4n) is 1.72. The van der Waals surface area contributed by atoms with Gasteiger partial charge < -0.3 is 5.32 Å². The molecule has 2 aromatic rings. The van der Waals surface area contributed by atoms with E-state index in [1.54, 1.807) is 23.6 Å². The molecule has 0 amide bonds. The Morgan fingerprint density at radius 3 is 2.89 bits per heavy atom. The number of thiazole rings is 1. The van der Waals surface area contributed by atoms with Crippen molar-refractivity contribution in [2.45, 2.75) is 25.8 Å². The molecule has 0 saturated heterocycles. The standard InChI is InChI=1S/C13H16FN3S/c1-2-5-15-12(8-13-16-6-7-18-13)11-4-3-10(14)9-17-11/h3-4,6-7,9,12,15H,2,5,8H2,1H3. The average molecular weight is 265 g/mol. The van der Waals surface area contributed by atoms with Crippen LogP contribution >= 0.6 is 11.3 Å². The van der Waals surface area contributed by atoms with Gasteiger partial charge in [0, 0.05) is 18.0 Å². The first kappa shape index (κ1) is 13.1. The molecule has 5 heteroatoms. The summed E-state index contributed by atoms with van der Waals surface area (Å²) < 4.78 is 12.9. The van der Waals surface area contributed by atoms with Gasteiger partial charge >= 0.3 is 0 Å². The molecule has 0 spiro atoms. The van der Waals surface area contributed by atoms with E-state index in [9.17, 15) is 4.39 Å². The maximum Gasteiger partial charge on any atom is 0.141 e. The van der Waals surface area contributed by atoms with E-state index >= 15 is 0 Å². The van der Waals surface area contributed by atoms with E-state index in [0.717, 1.165) is 30.1 Å². The molecule has 0 fully saturated rings. The van der Waals surface area contributed by atoms with E-state index in [2.05, 4.69) is 22.2 Å². The van der Waals surface area contributed by atoms with Gasteiger partial charge in [-0.1, -0.05) is 6.92 Å². The van der Waals surface area contributed by atoms with Crippen LogP contribution in [0.5, 0.6) is 0 Å². The zero-order valence-electron chi connectivity index (χ0n) is 10.3. The highest BCUT2D eigenvalue weighted by Crippen LogP contribution is 2.18. The summed E-state index contributed by atoms with van der Waals surface area (Å²) in [6, 6.07) is 3.28. The van der Waals surface area contributed by atoms with Crippen LogP contribution in [-0.2, 0) is 6.42 Å². The minimum atomic E-state index is -0.303. The second kappa shape index (κ2) is 6.56. The largest absolute Gasteiger partial charge is 0.308 e. The van der Waals surface area contributed by atoms with Crippen LogP contribution in [-0.4, -0.2) is 16.5 Å². The quantitative estimate of drug-likeness (QED) is 0.872. The molecule has 2 aromatic heterocycles. The average Bonchev–Trinajstić information content (AvgIpc) is 2.88. The zero-order valence-corrected chi connectivity index (χ0v) is 11.1. The molecule has 96 valence electrons. The Balaban J connectivity index is 2.11. The van der Waals surface area contributed by atoms with Crippen LogP contribution in [0.2, 0.25) is 0 Å². The van der Waals surface area contributed by atoms with Gasteiger partial charge in [-0.05, 0) is 25.1 Å². The van der Waals surface area contributed by atoms with Crippen molar-refractivity contribution in [3.63, 3.8) is 0 Å². The Hall–Kier alpha value is -1.33. The van der Waals surface area contributed by atoms with Crippen LogP contribution in [0.15, 0.2) is 29.9 Å². The minimum absolute atomic E-state index is 0.0942. The summed E-state index contributed by atoms with van der Waals surface area (Å²) in [7, 11) is 0. The molecule has 1 N–H and O–H groups in total. The highest BCUT2D eigenvalue weighted by Gasteiger charge is 2.14. The summed E-state index contributed by atoms with van der Waals surface area (Å²) in [6.45, 7) is 3.03. The van der Waals surface area contributed by atoms with Crippen molar-refractivity contribution in [3.8, 4) is 0 Å². The summed E-state index contributed by atoms with van der Waals surface area (Å²) in [5, 5.41) is 6.45. The fraction of sp³-hybridized carbons (Fsp3) is 0.385. The summed E-state index contributed by atoms with van der Waals surface area (Å²) in [5.74, 6) is -0.303. The Labute approximate surface area is 110 Å². The Morgan fingerprint density at radius 1 is 1.39 bits per heavy atom. The van der Waals surface area contributed by atoms with Gasteiger partial charge in [-0.15, -0.1) is 11.3 Å². The van der Waals surface area contributed by atoms with Gasteiger partial charge in [-0.3, -0.25) is 4.98 Å². The van der Waals surface area contributed by atoms with Crippen LogP contribution in [0.1, 0.15) is 30.1 Å². The first-order valence-electron chi connectivity index (χ1n) is 6.02. The lowest BCUT2D eigenvalue weighted by Crippen LogP contribution is -2.25. The van der Waals surface area contributed by atoms with Crippen molar-refractivity contribution in [2.24, 2.45) is 0 Å². The maximum atomic E-state index is 12.9. The topological polar surface area (TPSA) is 37.8 Å². The Kier molecular flexibility index (Phi) is 4.78. The van der Waals surface area contributed by atoms with Gasteiger partial charge in [0.25, 0.3) is 0 Å². The molecule has 0 aliphatic heterocycles. The molecule has 1 atom stereocenters. The van der Waals surface area contributed by atoms with Crippen molar-refractivity contribution < 1.29 is 4.39 Å². The third-order valence-corrected chi connectivity index (χ3v) is 3.41. The van der Waals surface area contributed by atoms with Crippen LogP contribution in [0.25, 0.3) is 0 Å². The molecule has 0 bridgehead atoms. The van der Waals surface area contributed by atoms with Crippen molar-refractivity contribution in [2.75, 3.05) is 6.54 Å². The van der Waals surface area contributed by atoms with Crippen LogP contribution < -0.4 is 5.32 Å². The lowest BCUT2D eigenvalue weighted by atomic mass is 10.1. The number of pyridine rings is 1. The number of hydrogen-bond donors (Lipinski definition) is 1. The summed E-state index contributed by atoms with van der Waals surface area (Å²) in [4.78, 5) is 8.44. The maximum absolute atomic E-state index is 12.9. The van der Waals surface area contributed by atoms with Crippen molar-refractivity contribution in [1.82, 2.24) is 15.3 Å². The van der Waals surface area contributed by atoms with Gasteiger partial charge in [0.15, 0.2) is 0 Å². The highest BCUT2D eigenvalue weighted by molar-refractivity contribution is 7.09. The molecule has 2 rings (SSSR count). The summed E-state index contributed by atoms with van der Waals surface area (Å²) in [5.41, 5.74) is 0.861. The van der Waals surface area contributed by atoms with Crippen molar-refractivity contribution in [3.05, 3.63) is 46.4 Å². The van der Waals surface area contributed by atoms with Crippen molar-refractivity contribution in [1.29, 1.82) is 0 Å². The molecular weight excluding hydrogens is 249 g/mol. The Morgan fingerprint density at radius 2 is 2.28 bits per heavy atom. The van der Waals surface area contributed by atoms with E-state index in [1.807, 2.05) is 5.38 Å². The molecule has 1 unspecified atom stereocenters. The SMILES string of the molecule is CCCNC(Cc1nccs1)c1ccc(F)cn1. The van der Waals surface area contributed by atoms with E-state index in [4.69, 9.17) is 0 Å². The number of nitrogens with one attached hydrogen (secondary N) is 1. The number of hydrogen-bond acceptors (Lipinski definition) is 4. The first-order valence-corrected chi connectivity index (χ1v) is 6.90. The molecule has 3 nitrogen and oxygen atoms in total. The predicted molar refractivity (Wildman–Crippen MR) is 71.0 cm³/mol. The van der Waals surface area contributed by atoms with Gasteiger partial charge in [-0.2, -0.15) is 0 Å². The lowest BCUT2D eigenvalue weighted by Gasteiger charge is -2.16. The normalized spacial score (nSPS) is 12.6. The van der Waals surface area contributed by atoms with Gasteiger partial charge in [0.05, 0.1) is 22.9 Å². The highest BCUT2D eigenvalue weighted by atomic mass is 32.1. The molecule has 0 radical (unpaired) electrons. The number of nitrogens with zero attached hydrogens (tertiary/aromatic N) is 2. The molecule has 18 heavy (non-hydrogen) atoms. The van der Waals surface area contributed by atoms with E-state index < -0.39 is 0 Å². The smallest absolute Gasteiger partial charge is 0.141 e. The van der Waals surface area contributed by atoms with Crippen molar-refractivity contribution >= 4 is 11.3 Å². The van der Waals surface area contributed by atoms with Crippen LogP contribution in [0, 0.1) is 5.82 Å². The number of aromatic nitrogens is 2. The van der Waals surface area contributed by atoms with Gasteiger partial charge in [0.2, 0.25) is 0 Å². The van der Waals surface area contributed by atoms with E-state index in [-0.39, 0.29) is 11.9 Å². The summed E-state index contributed by atoms with van der Waals surface area (Å²) >= 11 is 1.63. The zero-order chi connectivity index (χ0) is 12.8. The number of rotatable bonds is 6. The third-order valence-electron chi connectivity index (χ3n) is 2.61. The second-order valence-electron chi connectivity index (χ2n) is 4.04. The first-order chi connectivity index (χ1) is 8.79. The molecule has 0 saturated carbocycles. The fourth-order valence-corrected chi connectivity index (χ4v) is 2.39. The predicted octanol–water partition coefficient (Wildman–Crippen LogP) is 2.96. The molecule has 0 aliphatic carbocycles. The monoisotopic (exact) mass is 265 g/mol. The van der Waals surface area contributed by atoms with Gasteiger partial charge in [0.1, 0.15) is 5.82 Å². The number of halogens is 1. The molecule has 0 aromatic carbocycles. The minimum Gasteiger partial charge on any atom is -0.308 e. The van der Waals surface area contributed by atoms with Crippen LogP contribution in [0.3, 0.4) is 0 Å².